The molecule has 24 heavy (non-hydrogen) atoms. The summed E-state index contributed by atoms with van der Waals surface area (Å²) in [5, 5.41) is 11.7. The summed E-state index contributed by atoms with van der Waals surface area (Å²) in [6.45, 7) is 0. The van der Waals surface area contributed by atoms with Gasteiger partial charge in [-0.2, -0.15) is 0 Å². The van der Waals surface area contributed by atoms with E-state index in [-0.39, 0.29) is 21.3 Å². The second-order valence-corrected chi connectivity index (χ2v) is 6.17. The van der Waals surface area contributed by atoms with Crippen molar-refractivity contribution in [3.05, 3.63) is 68.3 Å². The summed E-state index contributed by atoms with van der Waals surface area (Å²) in [6, 6.07) is 9.92. The number of anilines is 1. The summed E-state index contributed by atoms with van der Waals surface area (Å²) in [4.78, 5) is 22.8. The Bertz CT molecular complexity index is 960. The van der Waals surface area contributed by atoms with Crippen LogP contribution in [0, 0.1) is 15.9 Å². The molecule has 3 aromatic rings. The first-order chi connectivity index (χ1) is 11.5. The van der Waals surface area contributed by atoms with E-state index in [0.29, 0.717) is 10.1 Å². The first-order valence-electron chi connectivity index (χ1n) is 6.64. The molecule has 0 saturated heterocycles. The van der Waals surface area contributed by atoms with Crippen molar-refractivity contribution in [2.45, 2.75) is 0 Å². The molecule has 3 rings (SSSR count). The average molecular weight is 366 g/mol. The van der Waals surface area contributed by atoms with E-state index in [9.17, 15) is 19.3 Å². The fraction of sp³-hybridized carbons (Fsp3) is 0. The van der Waals surface area contributed by atoms with Crippen molar-refractivity contribution in [1.82, 2.24) is 5.43 Å². The number of nitro groups is 1. The summed E-state index contributed by atoms with van der Waals surface area (Å²) in [7, 11) is 0. The molecule has 0 aliphatic rings. The van der Waals surface area contributed by atoms with E-state index in [0.717, 1.165) is 11.3 Å². The maximum Gasteiger partial charge on any atom is 0.294 e. The minimum Gasteiger partial charge on any atom is -0.292 e. The number of hydrazine groups is 1. The molecule has 0 unspecified atom stereocenters. The number of halogens is 2. The van der Waals surface area contributed by atoms with Gasteiger partial charge in [-0.15, -0.1) is 11.3 Å². The van der Waals surface area contributed by atoms with Crippen LogP contribution in [-0.4, -0.2) is 10.8 Å². The number of nitrogens with one attached hydrogen (secondary N) is 2. The third-order valence-electron chi connectivity index (χ3n) is 3.21. The molecule has 1 heterocycles. The highest BCUT2D eigenvalue weighted by Gasteiger charge is 2.19. The smallest absolute Gasteiger partial charge is 0.292 e. The van der Waals surface area contributed by atoms with E-state index in [1.807, 2.05) is 0 Å². The molecule has 6 nitrogen and oxygen atoms in total. The fourth-order valence-corrected chi connectivity index (χ4v) is 3.54. The molecule has 0 saturated carbocycles. The lowest BCUT2D eigenvalue weighted by molar-refractivity contribution is -0.384. The van der Waals surface area contributed by atoms with Gasteiger partial charge in [-0.05, 0) is 24.3 Å². The van der Waals surface area contributed by atoms with Crippen molar-refractivity contribution in [2.24, 2.45) is 0 Å². The summed E-state index contributed by atoms with van der Waals surface area (Å²) >= 11 is 7.19. The van der Waals surface area contributed by atoms with Crippen molar-refractivity contribution < 1.29 is 14.1 Å². The van der Waals surface area contributed by atoms with Gasteiger partial charge in [0, 0.05) is 16.2 Å². The van der Waals surface area contributed by atoms with E-state index in [2.05, 4.69) is 10.9 Å². The highest BCUT2D eigenvalue weighted by molar-refractivity contribution is 7.21. The molecule has 0 aliphatic heterocycles. The topological polar surface area (TPSA) is 84.3 Å². The number of nitrogens with zero attached hydrogens (tertiary/aromatic N) is 1. The number of rotatable bonds is 4. The quantitative estimate of drug-likeness (QED) is 0.531. The van der Waals surface area contributed by atoms with Crippen molar-refractivity contribution >= 4 is 50.3 Å². The number of thiophene rings is 1. The van der Waals surface area contributed by atoms with Crippen LogP contribution in [0.1, 0.15) is 9.67 Å². The van der Waals surface area contributed by atoms with Gasteiger partial charge in [0.05, 0.1) is 9.95 Å². The van der Waals surface area contributed by atoms with Crippen molar-refractivity contribution in [3.8, 4) is 0 Å². The Kier molecular flexibility index (Phi) is 4.32. The molecule has 2 aromatic carbocycles. The highest BCUT2D eigenvalue weighted by atomic mass is 35.5. The summed E-state index contributed by atoms with van der Waals surface area (Å²) < 4.78 is 13.8. The number of hydrogen-bond donors (Lipinski definition) is 2. The fourth-order valence-electron chi connectivity index (χ4n) is 2.10. The van der Waals surface area contributed by atoms with Gasteiger partial charge < -0.3 is 0 Å². The molecule has 0 atom stereocenters. The highest BCUT2D eigenvalue weighted by Crippen LogP contribution is 2.35. The second-order valence-electron chi connectivity index (χ2n) is 4.74. The van der Waals surface area contributed by atoms with Crippen LogP contribution >= 0.6 is 22.9 Å². The van der Waals surface area contributed by atoms with Crippen LogP contribution in [0.4, 0.5) is 15.8 Å². The van der Waals surface area contributed by atoms with Crippen LogP contribution in [0.15, 0.2) is 42.5 Å². The molecule has 0 bridgehead atoms. The zero-order chi connectivity index (χ0) is 17.3. The summed E-state index contributed by atoms with van der Waals surface area (Å²) in [5.41, 5.74) is 4.83. The molecule has 0 spiro atoms. The number of amides is 1. The van der Waals surface area contributed by atoms with Crippen molar-refractivity contribution in [3.63, 3.8) is 0 Å². The van der Waals surface area contributed by atoms with Crippen LogP contribution in [0.25, 0.3) is 10.1 Å². The van der Waals surface area contributed by atoms with Crippen LogP contribution < -0.4 is 10.9 Å². The molecule has 1 aromatic heterocycles. The number of para-hydroxylation sites is 2. The molecule has 0 radical (unpaired) electrons. The first-order valence-corrected chi connectivity index (χ1v) is 7.84. The zero-order valence-electron chi connectivity index (χ0n) is 11.9. The van der Waals surface area contributed by atoms with Gasteiger partial charge in [-0.1, -0.05) is 23.7 Å². The van der Waals surface area contributed by atoms with Gasteiger partial charge in [0.15, 0.2) is 0 Å². The predicted molar refractivity (Wildman–Crippen MR) is 91.0 cm³/mol. The Morgan fingerprint density at radius 3 is 2.75 bits per heavy atom. The minimum atomic E-state index is -0.570. The molecule has 2 N–H and O–H groups in total. The lowest BCUT2D eigenvalue weighted by Gasteiger charge is -2.08. The number of hydrogen-bond acceptors (Lipinski definition) is 5. The Labute approximate surface area is 144 Å². The van der Waals surface area contributed by atoms with Crippen LogP contribution in [0.5, 0.6) is 0 Å². The normalized spacial score (nSPS) is 10.6. The molecule has 0 aliphatic carbocycles. The molecule has 122 valence electrons. The SMILES string of the molecule is O=C(NNc1ccccc1[N+](=O)[O-])c1sc2cc(F)ccc2c1Cl. The van der Waals surface area contributed by atoms with Gasteiger partial charge in [-0.3, -0.25) is 25.8 Å². The lowest BCUT2D eigenvalue weighted by Crippen LogP contribution is -2.29. The van der Waals surface area contributed by atoms with Gasteiger partial charge in [0.2, 0.25) is 0 Å². The Morgan fingerprint density at radius 2 is 2.00 bits per heavy atom. The van der Waals surface area contributed by atoms with Gasteiger partial charge >= 0.3 is 0 Å². The maximum absolute atomic E-state index is 13.3. The van der Waals surface area contributed by atoms with E-state index in [4.69, 9.17) is 11.6 Å². The predicted octanol–water partition coefficient (Wildman–Crippen LogP) is 4.36. The molecular formula is C15H9ClFN3O3S. The summed E-state index contributed by atoms with van der Waals surface area (Å²) in [5.74, 6) is -0.995. The number of benzene rings is 2. The van der Waals surface area contributed by atoms with Gasteiger partial charge in [0.25, 0.3) is 11.6 Å². The number of nitro benzene ring substituents is 1. The number of fused-ring (bicyclic) bond motifs is 1. The summed E-state index contributed by atoms with van der Waals surface area (Å²) in [6.07, 6.45) is 0. The van der Waals surface area contributed by atoms with Gasteiger partial charge in [0.1, 0.15) is 16.4 Å². The van der Waals surface area contributed by atoms with E-state index < -0.39 is 16.6 Å². The third-order valence-corrected chi connectivity index (χ3v) is 4.87. The van der Waals surface area contributed by atoms with Crippen LogP contribution in [-0.2, 0) is 0 Å². The Morgan fingerprint density at radius 1 is 1.25 bits per heavy atom. The number of carbonyl (C=O) groups excluding carboxylic acids is 1. The Hall–Kier alpha value is -2.71. The zero-order valence-corrected chi connectivity index (χ0v) is 13.5. The third kappa shape index (κ3) is 3.01. The lowest BCUT2D eigenvalue weighted by atomic mass is 10.2. The van der Waals surface area contributed by atoms with Gasteiger partial charge in [-0.25, -0.2) is 4.39 Å². The Balaban J connectivity index is 1.84. The maximum atomic E-state index is 13.3. The standard InChI is InChI=1S/C15H9ClFN3O3S/c16-13-9-6-5-8(17)7-12(9)24-14(13)15(21)19-18-10-3-1-2-4-11(10)20(22)23/h1-7,18H,(H,19,21). The molecule has 0 fully saturated rings. The van der Waals surface area contributed by atoms with Crippen molar-refractivity contribution in [2.75, 3.05) is 5.43 Å². The average Bonchev–Trinajstić information content (AvgIpc) is 2.89. The molecule has 9 heteroatoms. The van der Waals surface area contributed by atoms with Crippen LogP contribution in [0.2, 0.25) is 5.02 Å². The number of carbonyl (C=O) groups is 1. The van der Waals surface area contributed by atoms with E-state index in [1.165, 1.54) is 36.4 Å². The first kappa shape index (κ1) is 16.2. The van der Waals surface area contributed by atoms with Crippen LogP contribution in [0.3, 0.4) is 0 Å². The molecular weight excluding hydrogens is 357 g/mol. The largest absolute Gasteiger partial charge is 0.294 e. The molecule has 1 amide bonds. The van der Waals surface area contributed by atoms with Crippen molar-refractivity contribution in [1.29, 1.82) is 0 Å². The van der Waals surface area contributed by atoms with E-state index in [1.54, 1.807) is 6.07 Å². The monoisotopic (exact) mass is 365 g/mol. The minimum absolute atomic E-state index is 0.138. The second kappa shape index (κ2) is 6.42. The van der Waals surface area contributed by atoms with E-state index >= 15 is 0 Å².